The van der Waals surface area contributed by atoms with Gasteiger partial charge in [-0.15, -0.1) is 0 Å². The Morgan fingerprint density at radius 3 is 1.55 bits per heavy atom. The van der Waals surface area contributed by atoms with Gasteiger partial charge in [0.1, 0.15) is 0 Å². The zero-order chi connectivity index (χ0) is 29.5. The van der Waals surface area contributed by atoms with Crippen LogP contribution in [0.4, 0.5) is 0 Å². The second-order valence-electron chi connectivity index (χ2n) is 9.87. The van der Waals surface area contributed by atoms with Gasteiger partial charge in [-0.1, -0.05) is 59.6 Å². The summed E-state index contributed by atoms with van der Waals surface area (Å²) in [5, 5.41) is 1.46. The minimum atomic E-state index is -0.227. The fourth-order valence-corrected chi connectivity index (χ4v) is 5.04. The molecule has 0 saturated carbocycles. The quantitative estimate of drug-likeness (QED) is 0.225. The first-order chi connectivity index (χ1) is 20.4. The summed E-state index contributed by atoms with van der Waals surface area (Å²) in [5.74, 6) is -0.455. The summed E-state index contributed by atoms with van der Waals surface area (Å²) in [7, 11) is 0. The largest absolute Gasteiger partial charge is 0.330 e. The van der Waals surface area contributed by atoms with Crippen molar-refractivity contribution in [3.05, 3.63) is 142 Å². The molecule has 0 saturated heterocycles. The molecule has 6 rings (SSSR count). The van der Waals surface area contributed by atoms with Crippen molar-refractivity contribution in [2.45, 2.75) is 25.9 Å². The van der Waals surface area contributed by atoms with Gasteiger partial charge in [-0.3, -0.25) is 14.5 Å². The molecule has 0 aliphatic carbocycles. The second-order valence-corrected chi connectivity index (χ2v) is 10.7. The molecule has 0 bridgehead atoms. The topological polar surface area (TPSA) is 99.0 Å². The number of rotatable bonds is 9. The fraction of sp³-hybridized carbons (Fsp3) is 0.188. The molecule has 3 aromatic carbocycles. The fourth-order valence-electron chi connectivity index (χ4n) is 4.79. The molecule has 2 amide bonds. The van der Waals surface area contributed by atoms with Gasteiger partial charge in [0.2, 0.25) is 0 Å². The van der Waals surface area contributed by atoms with Gasteiger partial charge < -0.3 is 14.9 Å². The molecular weight excluding hydrogens is 571 g/mol. The second kappa shape index (κ2) is 13.6. The Morgan fingerprint density at radius 2 is 1.10 bits per heavy atom. The van der Waals surface area contributed by atoms with Crippen LogP contribution in [0.5, 0.6) is 0 Å². The van der Waals surface area contributed by atoms with Crippen molar-refractivity contribution in [3.63, 3.8) is 0 Å². The average molecular weight is 602 g/mol. The summed E-state index contributed by atoms with van der Waals surface area (Å²) in [6.07, 6.45) is 8.63. The Balaban J connectivity index is 0.000000189. The van der Waals surface area contributed by atoms with Gasteiger partial charge in [0, 0.05) is 66.3 Å². The van der Waals surface area contributed by atoms with E-state index in [1.165, 1.54) is 10.5 Å². The first-order valence-electron chi connectivity index (χ1n) is 13.5. The number of nitrogens with zero attached hydrogens (tertiary/aromatic N) is 5. The summed E-state index contributed by atoms with van der Waals surface area (Å²) >= 11 is 11.8. The van der Waals surface area contributed by atoms with Crippen LogP contribution in [-0.4, -0.2) is 48.9 Å². The van der Waals surface area contributed by atoms with Crippen LogP contribution < -0.4 is 5.73 Å². The van der Waals surface area contributed by atoms with E-state index >= 15 is 0 Å². The van der Waals surface area contributed by atoms with Gasteiger partial charge in [-0.05, 0) is 54.1 Å². The molecule has 1 aliphatic rings. The van der Waals surface area contributed by atoms with Gasteiger partial charge >= 0.3 is 0 Å². The minimum absolute atomic E-state index is 0.227. The maximum absolute atomic E-state index is 12.4. The SMILES string of the molecule is NCCc1cncn1Cc1ccc(Cl)cc1.O=C1c2ccccc2C(=O)N1CCc1cncn1Cc1ccc(Cl)cc1. The molecule has 2 aromatic heterocycles. The van der Waals surface area contributed by atoms with Crippen LogP contribution in [-0.2, 0) is 25.9 Å². The Hall–Kier alpha value is -4.24. The first kappa shape index (κ1) is 29.3. The van der Waals surface area contributed by atoms with Crippen molar-refractivity contribution in [2.75, 3.05) is 13.1 Å². The van der Waals surface area contributed by atoms with E-state index in [1.807, 2.05) is 65.6 Å². The minimum Gasteiger partial charge on any atom is -0.330 e. The lowest BCUT2D eigenvalue weighted by Gasteiger charge is -2.14. The van der Waals surface area contributed by atoms with E-state index in [1.54, 1.807) is 36.8 Å². The molecule has 1 aliphatic heterocycles. The highest BCUT2D eigenvalue weighted by Crippen LogP contribution is 2.23. The molecule has 0 fully saturated rings. The Labute approximate surface area is 254 Å². The van der Waals surface area contributed by atoms with E-state index in [-0.39, 0.29) is 11.8 Å². The molecule has 2 N–H and O–H groups in total. The number of hydrogen-bond donors (Lipinski definition) is 1. The molecule has 0 spiro atoms. The Kier molecular flexibility index (Phi) is 9.48. The molecule has 0 unspecified atom stereocenters. The lowest BCUT2D eigenvalue weighted by atomic mass is 10.1. The highest BCUT2D eigenvalue weighted by molar-refractivity contribution is 6.30. The third kappa shape index (κ3) is 6.97. The Bertz CT molecular complexity index is 1630. The number of carbonyl (C=O) groups is 2. The average Bonchev–Trinajstić information content (AvgIpc) is 3.70. The van der Waals surface area contributed by atoms with Gasteiger partial charge in [-0.25, -0.2) is 9.97 Å². The van der Waals surface area contributed by atoms with E-state index in [0.29, 0.717) is 42.2 Å². The van der Waals surface area contributed by atoms with E-state index in [4.69, 9.17) is 28.9 Å². The molecule has 0 atom stereocenters. The Morgan fingerprint density at radius 1 is 0.643 bits per heavy atom. The normalized spacial score (nSPS) is 12.3. The predicted molar refractivity (Wildman–Crippen MR) is 164 cm³/mol. The van der Waals surface area contributed by atoms with E-state index in [9.17, 15) is 9.59 Å². The number of hydrogen-bond acceptors (Lipinski definition) is 5. The maximum atomic E-state index is 12.4. The van der Waals surface area contributed by atoms with E-state index in [2.05, 4.69) is 14.5 Å². The van der Waals surface area contributed by atoms with Gasteiger partial charge in [0.15, 0.2) is 0 Å². The number of aromatic nitrogens is 4. The number of nitrogens with two attached hydrogens (primary N) is 1. The lowest BCUT2D eigenvalue weighted by molar-refractivity contribution is 0.0655. The number of imide groups is 1. The van der Waals surface area contributed by atoms with Crippen LogP contribution in [0.15, 0.2) is 97.8 Å². The number of halogens is 2. The summed E-state index contributed by atoms with van der Waals surface area (Å²) in [5.41, 5.74) is 10.9. The van der Waals surface area contributed by atoms with Crippen molar-refractivity contribution in [3.8, 4) is 0 Å². The predicted octanol–water partition coefficient (Wildman–Crippen LogP) is 5.51. The van der Waals surface area contributed by atoms with Crippen LogP contribution in [0.1, 0.15) is 43.2 Å². The smallest absolute Gasteiger partial charge is 0.261 e. The third-order valence-corrected chi connectivity index (χ3v) is 7.50. The van der Waals surface area contributed by atoms with Crippen molar-refractivity contribution < 1.29 is 9.59 Å². The molecule has 10 heteroatoms. The van der Waals surface area contributed by atoms with Crippen LogP contribution in [0.3, 0.4) is 0 Å². The van der Waals surface area contributed by atoms with Crippen LogP contribution in [0.25, 0.3) is 0 Å². The zero-order valence-electron chi connectivity index (χ0n) is 22.9. The van der Waals surface area contributed by atoms with Crippen molar-refractivity contribution in [1.29, 1.82) is 0 Å². The summed E-state index contributed by atoms with van der Waals surface area (Å²) in [6.45, 7) is 2.45. The highest BCUT2D eigenvalue weighted by atomic mass is 35.5. The number of fused-ring (bicyclic) bond motifs is 1. The number of amides is 2. The van der Waals surface area contributed by atoms with E-state index in [0.717, 1.165) is 34.9 Å². The van der Waals surface area contributed by atoms with Crippen molar-refractivity contribution >= 4 is 35.0 Å². The standard InChI is InChI=1S/C20H16ClN3O2.C12H14ClN3/c21-15-7-5-14(6-8-15)12-23-13-22-11-16(23)9-10-24-19(25)17-3-1-2-4-18(17)20(24)26;13-11-3-1-10(2-4-11)8-16-9-15-7-12(16)5-6-14/h1-8,11,13H,9-10,12H2;1-4,7,9H,5-6,8,14H2. The summed E-state index contributed by atoms with van der Waals surface area (Å²) in [6, 6.07) is 22.4. The van der Waals surface area contributed by atoms with Gasteiger partial charge in [-0.2, -0.15) is 0 Å². The summed E-state index contributed by atoms with van der Waals surface area (Å²) < 4.78 is 4.12. The summed E-state index contributed by atoms with van der Waals surface area (Å²) in [4.78, 5) is 34.5. The number of carbonyl (C=O) groups excluding carboxylic acids is 2. The first-order valence-corrected chi connectivity index (χ1v) is 14.3. The van der Waals surface area contributed by atoms with Gasteiger partial charge in [0.25, 0.3) is 11.8 Å². The van der Waals surface area contributed by atoms with Crippen LogP contribution in [0.2, 0.25) is 10.0 Å². The molecule has 3 heterocycles. The van der Waals surface area contributed by atoms with Crippen LogP contribution >= 0.6 is 23.2 Å². The maximum Gasteiger partial charge on any atom is 0.261 e. The monoisotopic (exact) mass is 600 g/mol. The molecule has 42 heavy (non-hydrogen) atoms. The lowest BCUT2D eigenvalue weighted by Crippen LogP contribution is -2.32. The molecule has 0 radical (unpaired) electrons. The molecular formula is C32H30Cl2N6O2. The molecule has 8 nitrogen and oxygen atoms in total. The zero-order valence-corrected chi connectivity index (χ0v) is 24.4. The number of benzene rings is 3. The highest BCUT2D eigenvalue weighted by Gasteiger charge is 2.34. The van der Waals surface area contributed by atoms with Crippen LogP contribution in [0, 0.1) is 0 Å². The molecule has 5 aromatic rings. The van der Waals surface area contributed by atoms with Gasteiger partial charge in [0.05, 0.1) is 23.8 Å². The van der Waals surface area contributed by atoms with E-state index < -0.39 is 0 Å². The number of imidazole rings is 2. The molecule has 214 valence electrons. The van der Waals surface area contributed by atoms with Crippen molar-refractivity contribution in [2.24, 2.45) is 5.73 Å². The third-order valence-electron chi connectivity index (χ3n) is 7.00. The van der Waals surface area contributed by atoms with Crippen molar-refractivity contribution in [1.82, 2.24) is 24.0 Å².